The fourth-order valence-corrected chi connectivity index (χ4v) is 3.27. The van der Waals surface area contributed by atoms with E-state index in [1.54, 1.807) is 44.2 Å². The maximum Gasteiger partial charge on any atom is 0.360 e. The maximum atomic E-state index is 13.0. The summed E-state index contributed by atoms with van der Waals surface area (Å²) in [4.78, 5) is 25.3. The molecule has 2 aromatic carbocycles. The summed E-state index contributed by atoms with van der Waals surface area (Å²) in [5, 5.41) is 7.32. The first kappa shape index (κ1) is 21.4. The molecule has 0 bridgehead atoms. The Kier molecular flexibility index (Phi) is 6.11. The molecule has 1 saturated carbocycles. The zero-order valence-corrected chi connectivity index (χ0v) is 18.2. The van der Waals surface area contributed by atoms with Crippen LogP contribution in [0, 0.1) is 0 Å². The number of esters is 1. The Morgan fingerprint density at radius 2 is 1.78 bits per heavy atom. The zero-order chi connectivity index (χ0) is 22.7. The van der Waals surface area contributed by atoms with Crippen molar-refractivity contribution >= 4 is 11.9 Å². The maximum absolute atomic E-state index is 13.0. The third kappa shape index (κ3) is 4.59. The number of benzene rings is 2. The van der Waals surface area contributed by atoms with Crippen molar-refractivity contribution in [3.63, 3.8) is 0 Å². The number of amides is 1. The van der Waals surface area contributed by atoms with Crippen LogP contribution in [0.25, 0.3) is 16.8 Å². The SMILES string of the molecule is COc1ccc(-c2cn(-c3ccccc3)nc2C(=O)OC(C)C(=O)NC2CC2)cc1OC. The van der Waals surface area contributed by atoms with Crippen LogP contribution in [-0.2, 0) is 9.53 Å². The van der Waals surface area contributed by atoms with E-state index in [1.165, 1.54) is 0 Å². The number of carbonyl (C=O) groups excluding carboxylic acids is 2. The van der Waals surface area contributed by atoms with Crippen molar-refractivity contribution in [1.29, 1.82) is 0 Å². The largest absolute Gasteiger partial charge is 0.493 e. The molecule has 0 spiro atoms. The number of nitrogens with one attached hydrogen (secondary N) is 1. The number of para-hydroxylation sites is 1. The molecule has 1 amide bonds. The lowest BCUT2D eigenvalue weighted by molar-refractivity contribution is -0.129. The van der Waals surface area contributed by atoms with Crippen LogP contribution in [-0.4, -0.2) is 48.0 Å². The lowest BCUT2D eigenvalue weighted by Crippen LogP contribution is -2.37. The highest BCUT2D eigenvalue weighted by atomic mass is 16.5. The molecule has 1 unspecified atom stereocenters. The summed E-state index contributed by atoms with van der Waals surface area (Å²) in [5.41, 5.74) is 2.14. The molecular formula is C24H25N3O5. The molecule has 3 aromatic rings. The molecular weight excluding hydrogens is 410 g/mol. The molecule has 1 fully saturated rings. The predicted molar refractivity (Wildman–Crippen MR) is 118 cm³/mol. The monoisotopic (exact) mass is 435 g/mol. The van der Waals surface area contributed by atoms with Crippen LogP contribution >= 0.6 is 0 Å². The first-order valence-corrected chi connectivity index (χ1v) is 10.4. The molecule has 1 aliphatic carbocycles. The lowest BCUT2D eigenvalue weighted by Gasteiger charge is -2.13. The van der Waals surface area contributed by atoms with Crippen LogP contribution in [0.4, 0.5) is 0 Å². The van der Waals surface area contributed by atoms with Gasteiger partial charge in [-0.15, -0.1) is 0 Å². The Balaban J connectivity index is 1.69. The Bertz CT molecular complexity index is 1120. The van der Waals surface area contributed by atoms with Crippen LogP contribution in [0.1, 0.15) is 30.3 Å². The molecule has 1 aromatic heterocycles. The van der Waals surface area contributed by atoms with E-state index in [0.29, 0.717) is 22.6 Å². The number of hydrogen-bond acceptors (Lipinski definition) is 6. The van der Waals surface area contributed by atoms with Gasteiger partial charge in [0.2, 0.25) is 0 Å². The molecule has 0 radical (unpaired) electrons. The first-order valence-electron chi connectivity index (χ1n) is 10.4. The summed E-state index contributed by atoms with van der Waals surface area (Å²) in [6.45, 7) is 1.56. The lowest BCUT2D eigenvalue weighted by atomic mass is 10.1. The molecule has 0 saturated heterocycles. The number of hydrogen-bond donors (Lipinski definition) is 1. The quantitative estimate of drug-likeness (QED) is 0.546. The molecule has 1 atom stereocenters. The van der Waals surface area contributed by atoms with Gasteiger partial charge in [-0.25, -0.2) is 9.48 Å². The van der Waals surface area contributed by atoms with Gasteiger partial charge >= 0.3 is 5.97 Å². The topological polar surface area (TPSA) is 91.7 Å². The molecule has 1 aliphatic rings. The molecule has 8 nitrogen and oxygen atoms in total. The van der Waals surface area contributed by atoms with Crippen LogP contribution in [0.3, 0.4) is 0 Å². The fourth-order valence-electron chi connectivity index (χ4n) is 3.27. The normalized spacial score (nSPS) is 13.8. The number of carbonyl (C=O) groups is 2. The van der Waals surface area contributed by atoms with E-state index >= 15 is 0 Å². The molecule has 1 N–H and O–H groups in total. The van der Waals surface area contributed by atoms with Crippen molar-refractivity contribution in [3.05, 3.63) is 60.4 Å². The van der Waals surface area contributed by atoms with E-state index in [4.69, 9.17) is 14.2 Å². The smallest absolute Gasteiger partial charge is 0.360 e. The second-order valence-electron chi connectivity index (χ2n) is 7.57. The number of nitrogens with zero attached hydrogens (tertiary/aromatic N) is 2. The van der Waals surface area contributed by atoms with Crippen LogP contribution in [0.15, 0.2) is 54.7 Å². The average Bonchev–Trinajstić information content (AvgIpc) is 3.52. The summed E-state index contributed by atoms with van der Waals surface area (Å²) >= 11 is 0. The van der Waals surface area contributed by atoms with Crippen LogP contribution < -0.4 is 14.8 Å². The van der Waals surface area contributed by atoms with Crippen LogP contribution in [0.2, 0.25) is 0 Å². The average molecular weight is 435 g/mol. The van der Waals surface area contributed by atoms with E-state index in [2.05, 4.69) is 10.4 Å². The number of ether oxygens (including phenoxy) is 3. The van der Waals surface area contributed by atoms with Gasteiger partial charge in [-0.3, -0.25) is 4.79 Å². The summed E-state index contributed by atoms with van der Waals surface area (Å²) in [6.07, 6.45) is 2.74. The third-order valence-electron chi connectivity index (χ3n) is 5.20. The van der Waals surface area contributed by atoms with Crippen molar-refractivity contribution in [2.45, 2.75) is 31.9 Å². The Morgan fingerprint density at radius 1 is 1.06 bits per heavy atom. The summed E-state index contributed by atoms with van der Waals surface area (Å²) in [5.74, 6) is 0.106. The van der Waals surface area contributed by atoms with Gasteiger partial charge < -0.3 is 19.5 Å². The fraction of sp³-hybridized carbons (Fsp3) is 0.292. The van der Waals surface area contributed by atoms with Crippen molar-refractivity contribution < 1.29 is 23.8 Å². The molecule has 32 heavy (non-hydrogen) atoms. The van der Waals surface area contributed by atoms with E-state index in [0.717, 1.165) is 18.5 Å². The molecule has 1 heterocycles. The van der Waals surface area contributed by atoms with Crippen molar-refractivity contribution in [2.75, 3.05) is 14.2 Å². The predicted octanol–water partition coefficient (Wildman–Crippen LogP) is 3.38. The highest BCUT2D eigenvalue weighted by Crippen LogP contribution is 2.34. The summed E-state index contributed by atoms with van der Waals surface area (Å²) in [7, 11) is 3.10. The molecule has 0 aliphatic heterocycles. The Labute approximate surface area is 186 Å². The zero-order valence-electron chi connectivity index (χ0n) is 18.2. The third-order valence-corrected chi connectivity index (χ3v) is 5.20. The summed E-state index contributed by atoms with van der Waals surface area (Å²) < 4.78 is 17.8. The van der Waals surface area contributed by atoms with Crippen molar-refractivity contribution in [3.8, 4) is 28.3 Å². The second-order valence-corrected chi connectivity index (χ2v) is 7.57. The number of methoxy groups -OCH3 is 2. The minimum atomic E-state index is -0.928. The molecule has 8 heteroatoms. The van der Waals surface area contributed by atoms with Gasteiger partial charge in [-0.2, -0.15) is 5.10 Å². The van der Waals surface area contributed by atoms with Gasteiger partial charge in [-0.05, 0) is 49.6 Å². The van der Waals surface area contributed by atoms with E-state index in [9.17, 15) is 9.59 Å². The minimum absolute atomic E-state index is 0.104. The number of aromatic nitrogens is 2. The molecule has 166 valence electrons. The first-order chi connectivity index (χ1) is 15.5. The van der Waals surface area contributed by atoms with E-state index in [1.807, 2.05) is 36.4 Å². The van der Waals surface area contributed by atoms with Gasteiger partial charge in [0, 0.05) is 17.8 Å². The highest BCUT2D eigenvalue weighted by molar-refractivity contribution is 5.97. The van der Waals surface area contributed by atoms with Gasteiger partial charge in [-0.1, -0.05) is 24.3 Å². The van der Waals surface area contributed by atoms with Crippen molar-refractivity contribution in [2.24, 2.45) is 0 Å². The van der Waals surface area contributed by atoms with E-state index in [-0.39, 0.29) is 17.6 Å². The van der Waals surface area contributed by atoms with Crippen molar-refractivity contribution in [1.82, 2.24) is 15.1 Å². The van der Waals surface area contributed by atoms with Gasteiger partial charge in [0.25, 0.3) is 5.91 Å². The van der Waals surface area contributed by atoms with Gasteiger partial charge in [0.1, 0.15) is 0 Å². The highest BCUT2D eigenvalue weighted by Gasteiger charge is 2.29. The van der Waals surface area contributed by atoms with Gasteiger partial charge in [0.05, 0.1) is 19.9 Å². The van der Waals surface area contributed by atoms with E-state index < -0.39 is 12.1 Å². The summed E-state index contributed by atoms with van der Waals surface area (Å²) in [6, 6.07) is 15.0. The number of rotatable bonds is 8. The minimum Gasteiger partial charge on any atom is -0.493 e. The second kappa shape index (κ2) is 9.13. The molecule has 4 rings (SSSR count). The standard InChI is InChI=1S/C24H25N3O5/c1-15(23(28)25-17-10-11-17)32-24(29)22-19(14-27(26-22)18-7-5-4-6-8-18)16-9-12-20(30-2)21(13-16)31-3/h4-9,12-15,17H,10-11H2,1-3H3,(H,25,28). The van der Waals surface area contributed by atoms with Crippen LogP contribution in [0.5, 0.6) is 11.5 Å². The Hall–Kier alpha value is -3.81. The van der Waals surface area contributed by atoms with Gasteiger partial charge in [0.15, 0.2) is 23.3 Å². The Morgan fingerprint density at radius 3 is 2.44 bits per heavy atom.